The highest BCUT2D eigenvalue weighted by Crippen LogP contribution is 2.07. The van der Waals surface area contributed by atoms with Gasteiger partial charge in [-0.3, -0.25) is 14.6 Å². The van der Waals surface area contributed by atoms with E-state index in [1.807, 2.05) is 6.92 Å². The van der Waals surface area contributed by atoms with Gasteiger partial charge in [0.05, 0.1) is 11.1 Å². The number of nitrogens with zero attached hydrogens (tertiary/aromatic N) is 1. The van der Waals surface area contributed by atoms with Gasteiger partial charge in [-0.15, -0.1) is 0 Å². The third-order valence-electron chi connectivity index (χ3n) is 3.20. The van der Waals surface area contributed by atoms with E-state index in [4.69, 9.17) is 0 Å². The van der Waals surface area contributed by atoms with Crippen molar-refractivity contribution in [2.75, 3.05) is 6.54 Å². The van der Waals surface area contributed by atoms with E-state index in [1.54, 1.807) is 18.2 Å². The Morgan fingerprint density at radius 2 is 1.74 bits per heavy atom. The molecule has 1 heterocycles. The molecule has 2 aromatic rings. The standard InChI is InChI=1S/C17H18FN3O2/c1-2-7-20-16(22)13-8-14(10-19-9-13)17(23)21-11-12-5-3-4-6-15(12)18/h3-6,8-10H,2,7,11H2,1H3,(H,20,22)(H,21,23). The molecular formula is C17H18FN3O2. The van der Waals surface area contributed by atoms with Gasteiger partial charge >= 0.3 is 0 Å². The van der Waals surface area contributed by atoms with Crippen molar-refractivity contribution in [3.05, 3.63) is 65.2 Å². The summed E-state index contributed by atoms with van der Waals surface area (Å²) < 4.78 is 13.5. The molecule has 1 aromatic carbocycles. The molecule has 6 heteroatoms. The zero-order valence-electron chi connectivity index (χ0n) is 12.8. The molecule has 0 aliphatic rings. The van der Waals surface area contributed by atoms with Crippen LogP contribution in [0.3, 0.4) is 0 Å². The molecule has 0 saturated carbocycles. The summed E-state index contributed by atoms with van der Waals surface area (Å²) >= 11 is 0. The first kappa shape index (κ1) is 16.6. The first-order valence-electron chi connectivity index (χ1n) is 7.36. The van der Waals surface area contributed by atoms with Crippen LogP contribution >= 0.6 is 0 Å². The Labute approximate surface area is 133 Å². The number of aromatic nitrogens is 1. The van der Waals surface area contributed by atoms with E-state index in [1.165, 1.54) is 24.5 Å². The highest BCUT2D eigenvalue weighted by Gasteiger charge is 2.11. The molecule has 0 spiro atoms. The van der Waals surface area contributed by atoms with Crippen LogP contribution in [-0.2, 0) is 6.54 Å². The van der Waals surface area contributed by atoms with Crippen LogP contribution in [0.1, 0.15) is 39.6 Å². The third kappa shape index (κ3) is 4.60. The molecule has 0 fully saturated rings. The molecule has 0 unspecified atom stereocenters. The van der Waals surface area contributed by atoms with Crippen molar-refractivity contribution in [2.24, 2.45) is 0 Å². The minimum absolute atomic E-state index is 0.0672. The second-order valence-electron chi connectivity index (χ2n) is 4.99. The van der Waals surface area contributed by atoms with Crippen molar-refractivity contribution in [2.45, 2.75) is 19.9 Å². The van der Waals surface area contributed by atoms with Gasteiger partial charge in [-0.25, -0.2) is 4.39 Å². The number of amides is 2. The Morgan fingerprint density at radius 3 is 2.39 bits per heavy atom. The molecule has 2 rings (SSSR count). The molecule has 23 heavy (non-hydrogen) atoms. The maximum atomic E-state index is 13.5. The summed E-state index contributed by atoms with van der Waals surface area (Å²) in [6.07, 6.45) is 3.59. The van der Waals surface area contributed by atoms with Gasteiger partial charge in [0.15, 0.2) is 0 Å². The number of carbonyl (C=O) groups excluding carboxylic acids is 2. The number of benzene rings is 1. The molecule has 120 valence electrons. The largest absolute Gasteiger partial charge is 0.352 e. The van der Waals surface area contributed by atoms with Crippen LogP contribution in [-0.4, -0.2) is 23.3 Å². The predicted molar refractivity (Wildman–Crippen MR) is 84.4 cm³/mol. The maximum Gasteiger partial charge on any atom is 0.253 e. The highest BCUT2D eigenvalue weighted by atomic mass is 19.1. The first-order valence-corrected chi connectivity index (χ1v) is 7.36. The van der Waals surface area contributed by atoms with Crippen LogP contribution < -0.4 is 10.6 Å². The van der Waals surface area contributed by atoms with Gasteiger partial charge in [-0.05, 0) is 18.6 Å². The Hall–Kier alpha value is -2.76. The lowest BCUT2D eigenvalue weighted by Gasteiger charge is -2.08. The van der Waals surface area contributed by atoms with Crippen LogP contribution in [0, 0.1) is 5.82 Å². The topological polar surface area (TPSA) is 71.1 Å². The van der Waals surface area contributed by atoms with Crippen LogP contribution in [0.4, 0.5) is 4.39 Å². The summed E-state index contributed by atoms with van der Waals surface area (Å²) in [5.74, 6) is -1.06. The van der Waals surface area contributed by atoms with Gasteiger partial charge in [0.25, 0.3) is 11.8 Å². The van der Waals surface area contributed by atoms with Gasteiger partial charge in [-0.2, -0.15) is 0 Å². The van der Waals surface area contributed by atoms with E-state index in [9.17, 15) is 14.0 Å². The molecule has 5 nitrogen and oxygen atoms in total. The van der Waals surface area contributed by atoms with Gasteiger partial charge in [0.1, 0.15) is 5.82 Å². The molecule has 0 radical (unpaired) electrons. The van der Waals surface area contributed by atoms with Gasteiger partial charge in [-0.1, -0.05) is 25.1 Å². The zero-order chi connectivity index (χ0) is 16.7. The number of hydrogen-bond donors (Lipinski definition) is 2. The Balaban J connectivity index is 2.02. The lowest BCUT2D eigenvalue weighted by molar-refractivity contribution is 0.0950. The van der Waals surface area contributed by atoms with E-state index in [2.05, 4.69) is 15.6 Å². The summed E-state index contributed by atoms with van der Waals surface area (Å²) in [5, 5.41) is 5.33. The molecular weight excluding hydrogens is 297 g/mol. The fourth-order valence-corrected chi connectivity index (χ4v) is 1.95. The third-order valence-corrected chi connectivity index (χ3v) is 3.20. The van der Waals surface area contributed by atoms with E-state index in [0.29, 0.717) is 17.7 Å². The number of hydrogen-bond acceptors (Lipinski definition) is 3. The van der Waals surface area contributed by atoms with Crippen molar-refractivity contribution in [3.8, 4) is 0 Å². The number of rotatable bonds is 6. The molecule has 1 aromatic heterocycles. The Kier molecular flexibility index (Phi) is 5.80. The van der Waals surface area contributed by atoms with Crippen LogP contribution in [0.5, 0.6) is 0 Å². The van der Waals surface area contributed by atoms with Crippen LogP contribution in [0.15, 0.2) is 42.7 Å². The number of halogens is 1. The molecule has 0 aliphatic heterocycles. The Morgan fingerprint density at radius 1 is 1.09 bits per heavy atom. The summed E-state index contributed by atoms with van der Waals surface area (Å²) in [7, 11) is 0. The van der Waals surface area contributed by atoms with Gasteiger partial charge in [0, 0.05) is 31.0 Å². The highest BCUT2D eigenvalue weighted by molar-refractivity contribution is 5.99. The van der Waals surface area contributed by atoms with E-state index < -0.39 is 5.91 Å². The van der Waals surface area contributed by atoms with Crippen molar-refractivity contribution >= 4 is 11.8 Å². The average molecular weight is 315 g/mol. The van der Waals surface area contributed by atoms with Gasteiger partial charge < -0.3 is 10.6 Å². The van der Waals surface area contributed by atoms with Crippen molar-refractivity contribution in [1.82, 2.24) is 15.6 Å². The second-order valence-corrected chi connectivity index (χ2v) is 4.99. The van der Waals surface area contributed by atoms with E-state index in [-0.39, 0.29) is 23.8 Å². The summed E-state index contributed by atoms with van der Waals surface area (Å²) in [6.45, 7) is 2.57. The number of nitrogens with one attached hydrogen (secondary N) is 2. The minimum atomic E-state index is -0.411. The van der Waals surface area contributed by atoms with E-state index in [0.717, 1.165) is 6.42 Å². The first-order chi connectivity index (χ1) is 11.1. The fourth-order valence-electron chi connectivity index (χ4n) is 1.95. The SMILES string of the molecule is CCCNC(=O)c1cncc(C(=O)NCc2ccccc2F)c1. The smallest absolute Gasteiger partial charge is 0.253 e. The zero-order valence-corrected chi connectivity index (χ0v) is 12.8. The molecule has 0 aliphatic carbocycles. The summed E-state index contributed by atoms with van der Waals surface area (Å²) in [6, 6.07) is 7.69. The van der Waals surface area contributed by atoms with Crippen molar-refractivity contribution in [1.29, 1.82) is 0 Å². The van der Waals surface area contributed by atoms with Gasteiger partial charge in [0.2, 0.25) is 0 Å². The number of pyridine rings is 1. The monoisotopic (exact) mass is 315 g/mol. The molecule has 0 atom stereocenters. The van der Waals surface area contributed by atoms with Crippen LogP contribution in [0.2, 0.25) is 0 Å². The summed E-state index contributed by atoms with van der Waals surface area (Å²) in [5.41, 5.74) is 0.966. The number of carbonyl (C=O) groups is 2. The molecule has 2 amide bonds. The van der Waals surface area contributed by atoms with Crippen LogP contribution in [0.25, 0.3) is 0 Å². The summed E-state index contributed by atoms with van der Waals surface area (Å²) in [4.78, 5) is 27.9. The molecule has 2 N–H and O–H groups in total. The second kappa shape index (κ2) is 8.03. The molecule has 0 saturated heterocycles. The molecule has 0 bridgehead atoms. The van der Waals surface area contributed by atoms with Crippen molar-refractivity contribution in [3.63, 3.8) is 0 Å². The predicted octanol–water partition coefficient (Wildman–Crippen LogP) is 2.29. The fraction of sp³-hybridized carbons (Fsp3) is 0.235. The lowest BCUT2D eigenvalue weighted by Crippen LogP contribution is -2.26. The minimum Gasteiger partial charge on any atom is -0.352 e. The average Bonchev–Trinajstić information content (AvgIpc) is 2.58. The maximum absolute atomic E-state index is 13.5. The lowest BCUT2D eigenvalue weighted by atomic mass is 10.1. The Bertz CT molecular complexity index is 704. The van der Waals surface area contributed by atoms with Crippen molar-refractivity contribution < 1.29 is 14.0 Å². The van der Waals surface area contributed by atoms with E-state index >= 15 is 0 Å². The quantitative estimate of drug-likeness (QED) is 0.859. The normalized spacial score (nSPS) is 10.2.